The summed E-state index contributed by atoms with van der Waals surface area (Å²) in [6.45, 7) is 1.82. The van der Waals surface area contributed by atoms with Gasteiger partial charge < -0.3 is 9.64 Å². The van der Waals surface area contributed by atoms with Crippen molar-refractivity contribution in [2.75, 3.05) is 7.05 Å². The van der Waals surface area contributed by atoms with Crippen LogP contribution in [0.15, 0.2) is 0 Å². The van der Waals surface area contributed by atoms with E-state index < -0.39 is 23.1 Å². The zero-order valence-electron chi connectivity index (χ0n) is 9.72. The third-order valence-electron chi connectivity index (χ3n) is 3.27. The summed E-state index contributed by atoms with van der Waals surface area (Å²) < 4.78 is 5.08. The molecule has 0 spiro atoms. The van der Waals surface area contributed by atoms with Gasteiger partial charge in [0.15, 0.2) is 0 Å². The molecular weight excluding hydrogens is 248 g/mol. The Bertz CT molecular complexity index is 358. The lowest BCUT2D eigenvalue weighted by Gasteiger charge is -2.39. The smallest absolute Gasteiger partial charge is 0.347 e. The van der Waals surface area contributed by atoms with Gasteiger partial charge in [-0.3, -0.25) is 10.0 Å². The second kappa shape index (κ2) is 4.03. The summed E-state index contributed by atoms with van der Waals surface area (Å²) in [5.41, 5.74) is 0. The van der Waals surface area contributed by atoms with E-state index in [2.05, 4.69) is 0 Å². The minimum atomic E-state index is -0.947. The molecule has 1 heterocycles. The maximum Gasteiger partial charge on any atom is 0.347 e. The van der Waals surface area contributed by atoms with Gasteiger partial charge in [-0.25, -0.2) is 4.79 Å². The molecule has 2 fully saturated rings. The number of carbonyl (C=O) groups is 2. The Hall–Kier alpha value is -1.01. The number of halogens is 1. The van der Waals surface area contributed by atoms with Gasteiger partial charge in [-0.15, -0.1) is 11.6 Å². The second-order valence-electron chi connectivity index (χ2n) is 4.65. The van der Waals surface area contributed by atoms with Gasteiger partial charge in [-0.05, 0) is 19.8 Å². The number of nitrogens with zero attached hydrogens (tertiary/aromatic N) is 2. The SMILES string of the molecule is CC1CC(OC(=O)C2(Cl)CC2)N(O)C(=O)N1C. The van der Waals surface area contributed by atoms with Crippen LogP contribution in [0.25, 0.3) is 0 Å². The number of hydrogen-bond donors (Lipinski definition) is 1. The van der Waals surface area contributed by atoms with E-state index in [-0.39, 0.29) is 6.04 Å². The predicted octanol–water partition coefficient (Wildman–Crippen LogP) is 1.16. The zero-order chi connectivity index (χ0) is 12.8. The second-order valence-corrected chi connectivity index (χ2v) is 5.37. The molecule has 2 atom stereocenters. The van der Waals surface area contributed by atoms with Crippen LogP contribution in [0.1, 0.15) is 26.2 Å². The van der Waals surface area contributed by atoms with Crippen molar-refractivity contribution < 1.29 is 19.5 Å². The molecule has 2 unspecified atom stereocenters. The van der Waals surface area contributed by atoms with Crippen LogP contribution < -0.4 is 0 Å². The molecule has 1 N–H and O–H groups in total. The van der Waals surface area contributed by atoms with Crippen molar-refractivity contribution in [2.45, 2.75) is 43.3 Å². The van der Waals surface area contributed by atoms with E-state index in [0.717, 1.165) is 0 Å². The van der Waals surface area contributed by atoms with Crippen molar-refractivity contribution in [3.63, 3.8) is 0 Å². The van der Waals surface area contributed by atoms with E-state index in [1.807, 2.05) is 6.92 Å². The monoisotopic (exact) mass is 262 g/mol. The van der Waals surface area contributed by atoms with Gasteiger partial charge in [0.1, 0.15) is 4.87 Å². The van der Waals surface area contributed by atoms with Crippen LogP contribution in [-0.4, -0.2) is 51.4 Å². The summed E-state index contributed by atoms with van der Waals surface area (Å²) >= 11 is 5.89. The van der Waals surface area contributed by atoms with E-state index in [1.165, 1.54) is 4.90 Å². The molecule has 0 radical (unpaired) electrons. The lowest BCUT2D eigenvalue weighted by molar-refractivity contribution is -0.209. The normalized spacial score (nSPS) is 31.4. The first-order chi connectivity index (χ1) is 7.85. The number of urea groups is 1. The summed E-state index contributed by atoms with van der Waals surface area (Å²) in [5, 5.41) is 10.0. The zero-order valence-corrected chi connectivity index (χ0v) is 10.5. The van der Waals surface area contributed by atoms with E-state index in [4.69, 9.17) is 16.3 Å². The number of amides is 2. The van der Waals surface area contributed by atoms with Gasteiger partial charge >= 0.3 is 12.0 Å². The molecule has 0 aromatic heterocycles. The highest BCUT2D eigenvalue weighted by atomic mass is 35.5. The minimum Gasteiger partial charge on any atom is -0.438 e. The first-order valence-corrected chi connectivity index (χ1v) is 5.88. The molecule has 0 aromatic rings. The van der Waals surface area contributed by atoms with Gasteiger partial charge in [-0.1, -0.05) is 0 Å². The van der Waals surface area contributed by atoms with Crippen LogP contribution in [0.4, 0.5) is 4.79 Å². The molecule has 1 saturated carbocycles. The fourth-order valence-electron chi connectivity index (χ4n) is 1.66. The highest BCUT2D eigenvalue weighted by Gasteiger charge is 2.51. The topological polar surface area (TPSA) is 70.1 Å². The Morgan fingerprint density at radius 3 is 2.71 bits per heavy atom. The van der Waals surface area contributed by atoms with Gasteiger partial charge in [0.25, 0.3) is 0 Å². The van der Waals surface area contributed by atoms with E-state index >= 15 is 0 Å². The Morgan fingerprint density at radius 1 is 1.59 bits per heavy atom. The summed E-state index contributed by atoms with van der Waals surface area (Å²) in [4.78, 5) is 23.6. The van der Waals surface area contributed by atoms with Crippen molar-refractivity contribution in [1.82, 2.24) is 9.96 Å². The van der Waals surface area contributed by atoms with Crippen LogP contribution in [0.5, 0.6) is 0 Å². The minimum absolute atomic E-state index is 0.103. The molecule has 2 aliphatic rings. The maximum absolute atomic E-state index is 11.6. The summed E-state index contributed by atoms with van der Waals surface area (Å²) in [6, 6.07) is -0.685. The quantitative estimate of drug-likeness (QED) is 0.461. The molecule has 96 valence electrons. The molecule has 0 aromatic carbocycles. The number of carbonyl (C=O) groups excluding carboxylic acids is 2. The first kappa shape index (κ1) is 12.4. The van der Waals surface area contributed by atoms with Gasteiger partial charge in [-0.2, -0.15) is 5.06 Å². The largest absolute Gasteiger partial charge is 0.438 e. The molecule has 17 heavy (non-hydrogen) atoms. The van der Waals surface area contributed by atoms with Crippen molar-refractivity contribution in [3.8, 4) is 0 Å². The molecule has 1 aliphatic carbocycles. The molecule has 2 rings (SSSR count). The summed E-state index contributed by atoms with van der Waals surface area (Å²) in [5.74, 6) is -0.562. The van der Waals surface area contributed by atoms with Crippen LogP contribution in [0.2, 0.25) is 0 Å². The Balaban J connectivity index is 2.01. The molecule has 0 bridgehead atoms. The molecule has 2 amide bonds. The number of hydrogen-bond acceptors (Lipinski definition) is 4. The van der Waals surface area contributed by atoms with E-state index in [9.17, 15) is 14.8 Å². The van der Waals surface area contributed by atoms with Crippen LogP contribution in [0.3, 0.4) is 0 Å². The number of alkyl halides is 1. The van der Waals surface area contributed by atoms with Crippen LogP contribution >= 0.6 is 11.6 Å². The number of rotatable bonds is 2. The Labute approximate surface area is 104 Å². The van der Waals surface area contributed by atoms with E-state index in [1.54, 1.807) is 7.05 Å². The van der Waals surface area contributed by atoms with E-state index in [0.29, 0.717) is 24.3 Å². The van der Waals surface area contributed by atoms with Gasteiger partial charge in [0, 0.05) is 19.5 Å². The molecule has 1 saturated heterocycles. The third-order valence-corrected chi connectivity index (χ3v) is 3.80. The number of esters is 1. The fraction of sp³-hybridized carbons (Fsp3) is 0.800. The number of hydroxylamine groups is 2. The van der Waals surface area contributed by atoms with Crippen molar-refractivity contribution in [1.29, 1.82) is 0 Å². The highest BCUT2D eigenvalue weighted by Crippen LogP contribution is 2.44. The molecule has 6 nitrogen and oxygen atoms in total. The molecule has 7 heteroatoms. The average Bonchev–Trinajstić information content (AvgIpc) is 3.02. The first-order valence-electron chi connectivity index (χ1n) is 5.50. The molecule has 1 aliphatic heterocycles. The molecular formula is C10H15ClN2O4. The lowest BCUT2D eigenvalue weighted by atomic mass is 10.1. The lowest BCUT2D eigenvalue weighted by Crippen LogP contribution is -2.56. The maximum atomic E-state index is 11.6. The summed E-state index contributed by atoms with van der Waals surface area (Å²) in [7, 11) is 1.58. The van der Waals surface area contributed by atoms with Crippen molar-refractivity contribution in [3.05, 3.63) is 0 Å². The van der Waals surface area contributed by atoms with Crippen LogP contribution in [0, 0.1) is 0 Å². The van der Waals surface area contributed by atoms with Gasteiger partial charge in [0.05, 0.1) is 0 Å². The van der Waals surface area contributed by atoms with Gasteiger partial charge in [0.2, 0.25) is 6.23 Å². The Morgan fingerprint density at radius 2 is 2.18 bits per heavy atom. The van der Waals surface area contributed by atoms with Crippen LogP contribution in [-0.2, 0) is 9.53 Å². The Kier molecular flexibility index (Phi) is 2.95. The standard InChI is InChI=1S/C10H15ClN2O4/c1-6-5-7(13(16)9(15)12(6)2)17-8(14)10(11)3-4-10/h6-7,16H,3-5H2,1-2H3. The third kappa shape index (κ3) is 2.19. The average molecular weight is 263 g/mol. The van der Waals surface area contributed by atoms with Crippen molar-refractivity contribution in [2.24, 2.45) is 0 Å². The summed E-state index contributed by atoms with van der Waals surface area (Å²) in [6.07, 6.45) is 0.568. The van der Waals surface area contributed by atoms with Crippen molar-refractivity contribution >= 4 is 23.6 Å². The highest BCUT2D eigenvalue weighted by molar-refractivity contribution is 6.36. The fourth-order valence-corrected chi connectivity index (χ4v) is 1.80. The number of ether oxygens (including phenoxy) is 1. The predicted molar refractivity (Wildman–Crippen MR) is 58.6 cm³/mol.